The first kappa shape index (κ1) is 16.4. The van der Waals surface area contributed by atoms with E-state index in [1.165, 1.54) is 24.5 Å². The number of nitrogens with one attached hydrogen (secondary N) is 1. The summed E-state index contributed by atoms with van der Waals surface area (Å²) < 4.78 is 6.08. The fraction of sp³-hybridized carbons (Fsp3) is 0.125. The van der Waals surface area contributed by atoms with Crippen molar-refractivity contribution in [1.29, 1.82) is 0 Å². The molecule has 0 fully saturated rings. The summed E-state index contributed by atoms with van der Waals surface area (Å²) in [7, 11) is 0. The number of fused-ring (bicyclic) bond motifs is 1. The van der Waals surface area contributed by atoms with Gasteiger partial charge in [0.15, 0.2) is 6.10 Å². The Morgan fingerprint density at radius 2 is 2.08 bits per heavy atom. The molecule has 1 atom stereocenters. The Kier molecular flexibility index (Phi) is 4.73. The van der Waals surface area contributed by atoms with Gasteiger partial charge in [-0.2, -0.15) is 0 Å². The summed E-state index contributed by atoms with van der Waals surface area (Å²) in [4.78, 5) is 32.3. The number of aromatic nitrogens is 2. The molecule has 2 heterocycles. The van der Waals surface area contributed by atoms with Crippen LogP contribution in [0.1, 0.15) is 17.3 Å². The molecule has 0 bridgehead atoms. The fourth-order valence-electron chi connectivity index (χ4n) is 1.94. The number of hydrogen-bond donors (Lipinski definition) is 1. The number of carbonyl (C=O) groups excluding carboxylic acids is 2. The van der Waals surface area contributed by atoms with Gasteiger partial charge < -0.3 is 10.1 Å². The van der Waals surface area contributed by atoms with Crippen molar-refractivity contribution >= 4 is 50.8 Å². The van der Waals surface area contributed by atoms with Crippen molar-refractivity contribution in [2.75, 3.05) is 5.32 Å². The lowest BCUT2D eigenvalue weighted by Crippen LogP contribution is -2.30. The zero-order valence-corrected chi connectivity index (χ0v) is 14.1. The lowest BCUT2D eigenvalue weighted by Gasteiger charge is -2.13. The highest BCUT2D eigenvalue weighted by atomic mass is 35.5. The average Bonchev–Trinajstić information content (AvgIpc) is 3.04. The fourth-order valence-corrected chi connectivity index (χ4v) is 2.77. The van der Waals surface area contributed by atoms with Crippen molar-refractivity contribution < 1.29 is 14.3 Å². The standard InChI is InChI=1S/C16H12ClN3O3S/c1-9(15(21)20-14-5-3-11(17)7-18-14)23-16(22)10-2-4-12-13(6-10)24-8-19-12/h2-9H,1H3,(H,18,20,21)/t9-/m0/s1. The van der Waals surface area contributed by atoms with E-state index in [0.717, 1.165) is 10.2 Å². The SMILES string of the molecule is C[C@H](OC(=O)c1ccc2ncsc2c1)C(=O)Nc1ccc(Cl)cn1. The molecule has 3 aromatic rings. The third kappa shape index (κ3) is 3.69. The van der Waals surface area contributed by atoms with Crippen LogP contribution in [0.25, 0.3) is 10.2 Å². The number of amides is 1. The summed E-state index contributed by atoms with van der Waals surface area (Å²) in [6, 6.07) is 8.22. The number of benzene rings is 1. The van der Waals surface area contributed by atoms with Crippen LogP contribution >= 0.6 is 22.9 Å². The largest absolute Gasteiger partial charge is 0.449 e. The Labute approximate surface area is 146 Å². The highest BCUT2D eigenvalue weighted by Gasteiger charge is 2.19. The Balaban J connectivity index is 1.64. The van der Waals surface area contributed by atoms with Crippen LogP contribution < -0.4 is 5.32 Å². The number of pyridine rings is 1. The quantitative estimate of drug-likeness (QED) is 0.719. The molecule has 1 amide bonds. The molecule has 0 spiro atoms. The van der Waals surface area contributed by atoms with Crippen LogP contribution in [0.4, 0.5) is 5.82 Å². The predicted molar refractivity (Wildman–Crippen MR) is 92.4 cm³/mol. The van der Waals surface area contributed by atoms with Gasteiger partial charge >= 0.3 is 5.97 Å². The molecule has 3 rings (SSSR count). The third-order valence-corrected chi connectivity index (χ3v) is 4.21. The molecule has 0 aliphatic heterocycles. The van der Waals surface area contributed by atoms with Gasteiger partial charge in [-0.15, -0.1) is 11.3 Å². The monoisotopic (exact) mass is 361 g/mol. The summed E-state index contributed by atoms with van der Waals surface area (Å²) in [5.41, 5.74) is 2.89. The zero-order chi connectivity index (χ0) is 17.1. The van der Waals surface area contributed by atoms with Gasteiger partial charge in [-0.25, -0.2) is 14.8 Å². The van der Waals surface area contributed by atoms with Gasteiger partial charge in [0.05, 0.1) is 26.3 Å². The van der Waals surface area contributed by atoms with Crippen LogP contribution in [0.5, 0.6) is 0 Å². The minimum absolute atomic E-state index is 0.332. The molecular weight excluding hydrogens is 350 g/mol. The minimum atomic E-state index is -0.966. The molecule has 6 nitrogen and oxygen atoms in total. The van der Waals surface area contributed by atoms with E-state index in [1.54, 1.807) is 35.8 Å². The van der Waals surface area contributed by atoms with E-state index in [4.69, 9.17) is 16.3 Å². The van der Waals surface area contributed by atoms with Crippen molar-refractivity contribution in [2.45, 2.75) is 13.0 Å². The summed E-state index contributed by atoms with van der Waals surface area (Å²) in [5, 5.41) is 3.02. The first-order chi connectivity index (χ1) is 11.5. The van der Waals surface area contributed by atoms with Crippen LogP contribution in [-0.4, -0.2) is 27.9 Å². The van der Waals surface area contributed by atoms with Crippen LogP contribution in [0, 0.1) is 0 Å². The first-order valence-corrected chi connectivity index (χ1v) is 8.25. The second-order valence-corrected chi connectivity index (χ2v) is 6.26. The van der Waals surface area contributed by atoms with Gasteiger partial charge in [0.25, 0.3) is 5.91 Å². The summed E-state index contributed by atoms with van der Waals surface area (Å²) >= 11 is 7.16. The molecule has 0 unspecified atom stereocenters. The number of anilines is 1. The molecule has 8 heteroatoms. The molecule has 0 saturated carbocycles. The number of ether oxygens (including phenoxy) is 1. The van der Waals surface area contributed by atoms with Gasteiger partial charge in [-0.3, -0.25) is 4.79 Å². The Bertz CT molecular complexity index is 895. The number of esters is 1. The topological polar surface area (TPSA) is 81.2 Å². The summed E-state index contributed by atoms with van der Waals surface area (Å²) in [6.07, 6.45) is 0.449. The molecule has 1 aromatic carbocycles. The average molecular weight is 362 g/mol. The minimum Gasteiger partial charge on any atom is -0.449 e. The zero-order valence-electron chi connectivity index (χ0n) is 12.5. The molecule has 0 aliphatic rings. The maximum absolute atomic E-state index is 12.2. The van der Waals surface area contributed by atoms with Gasteiger partial charge in [0.1, 0.15) is 5.82 Å². The van der Waals surface area contributed by atoms with E-state index < -0.39 is 18.0 Å². The smallest absolute Gasteiger partial charge is 0.338 e. The van der Waals surface area contributed by atoms with Gasteiger partial charge in [-0.1, -0.05) is 11.6 Å². The second-order valence-electron chi connectivity index (χ2n) is 4.93. The third-order valence-electron chi connectivity index (χ3n) is 3.20. The molecule has 2 aromatic heterocycles. The number of nitrogens with zero attached hydrogens (tertiary/aromatic N) is 2. The molecule has 0 aliphatic carbocycles. The van der Waals surface area contributed by atoms with Crippen molar-refractivity contribution in [2.24, 2.45) is 0 Å². The van der Waals surface area contributed by atoms with Crippen molar-refractivity contribution in [3.05, 3.63) is 52.6 Å². The normalized spacial score (nSPS) is 11.9. The number of hydrogen-bond acceptors (Lipinski definition) is 6. The van der Waals surface area contributed by atoms with E-state index >= 15 is 0 Å². The Hall–Kier alpha value is -2.51. The van der Waals surface area contributed by atoms with Crippen molar-refractivity contribution in [3.8, 4) is 0 Å². The maximum atomic E-state index is 12.2. The lowest BCUT2D eigenvalue weighted by atomic mass is 10.2. The lowest BCUT2D eigenvalue weighted by molar-refractivity contribution is -0.123. The van der Waals surface area contributed by atoms with Gasteiger partial charge in [0.2, 0.25) is 0 Å². The van der Waals surface area contributed by atoms with E-state index in [-0.39, 0.29) is 0 Å². The first-order valence-electron chi connectivity index (χ1n) is 6.99. The molecular formula is C16H12ClN3O3S. The van der Waals surface area contributed by atoms with E-state index in [0.29, 0.717) is 16.4 Å². The Morgan fingerprint density at radius 1 is 1.25 bits per heavy atom. The highest BCUT2D eigenvalue weighted by molar-refractivity contribution is 7.16. The number of rotatable bonds is 4. The van der Waals surface area contributed by atoms with Gasteiger partial charge in [0, 0.05) is 6.20 Å². The molecule has 122 valence electrons. The van der Waals surface area contributed by atoms with Crippen molar-refractivity contribution in [1.82, 2.24) is 9.97 Å². The summed E-state index contributed by atoms with van der Waals surface area (Å²) in [6.45, 7) is 1.49. The van der Waals surface area contributed by atoms with E-state index in [1.807, 2.05) is 0 Å². The number of halogens is 1. The van der Waals surface area contributed by atoms with Crippen LogP contribution in [0.15, 0.2) is 42.0 Å². The maximum Gasteiger partial charge on any atom is 0.338 e. The second kappa shape index (κ2) is 6.94. The molecule has 0 saturated heterocycles. The van der Waals surface area contributed by atoms with E-state index in [2.05, 4.69) is 15.3 Å². The molecule has 1 N–H and O–H groups in total. The number of carbonyl (C=O) groups is 2. The Morgan fingerprint density at radius 3 is 2.83 bits per heavy atom. The summed E-state index contributed by atoms with van der Waals surface area (Å²) in [5.74, 6) is -0.715. The van der Waals surface area contributed by atoms with Crippen LogP contribution in [-0.2, 0) is 9.53 Å². The van der Waals surface area contributed by atoms with Crippen molar-refractivity contribution in [3.63, 3.8) is 0 Å². The number of thiazole rings is 1. The van der Waals surface area contributed by atoms with Gasteiger partial charge in [-0.05, 0) is 37.3 Å². The highest BCUT2D eigenvalue weighted by Crippen LogP contribution is 2.20. The molecule has 0 radical (unpaired) electrons. The molecule has 24 heavy (non-hydrogen) atoms. The van der Waals surface area contributed by atoms with Crippen LogP contribution in [0.2, 0.25) is 5.02 Å². The van der Waals surface area contributed by atoms with E-state index in [9.17, 15) is 9.59 Å². The predicted octanol–water partition coefficient (Wildman–Crippen LogP) is 3.53. The van der Waals surface area contributed by atoms with Crippen LogP contribution in [0.3, 0.4) is 0 Å².